The molecule has 1 atom stereocenters. The Balaban J connectivity index is 1.29. The predicted molar refractivity (Wildman–Crippen MR) is 135 cm³/mol. The number of rotatable bonds is 10. The topological polar surface area (TPSA) is 134 Å². The molecule has 1 aromatic carbocycles. The van der Waals surface area contributed by atoms with Crippen molar-refractivity contribution in [1.29, 1.82) is 0 Å². The summed E-state index contributed by atoms with van der Waals surface area (Å²) < 4.78 is 6.13. The van der Waals surface area contributed by atoms with Crippen molar-refractivity contribution >= 4 is 29.1 Å². The number of likely N-dealkylation sites (N-methyl/N-ethyl adjacent to an activating group) is 1. The van der Waals surface area contributed by atoms with Crippen molar-refractivity contribution < 1.29 is 9.53 Å². The number of aromatic amines is 1. The minimum atomic E-state index is -0.186. The lowest BCUT2D eigenvalue weighted by Crippen LogP contribution is -2.22. The Kier molecular flexibility index (Phi) is 6.62. The number of ketones is 1. The Labute approximate surface area is 204 Å². The number of ether oxygens (including phenoxy) is 1. The third kappa shape index (κ3) is 6.15. The molecule has 1 unspecified atom stereocenters. The van der Waals surface area contributed by atoms with Gasteiger partial charge >= 0.3 is 0 Å². The first kappa shape index (κ1) is 22.9. The average molecular weight is 475 g/mol. The molecule has 10 heteroatoms. The van der Waals surface area contributed by atoms with Crippen LogP contribution in [0.4, 0.5) is 17.6 Å². The van der Waals surface area contributed by atoms with Crippen molar-refractivity contribution in [3.63, 3.8) is 0 Å². The summed E-state index contributed by atoms with van der Waals surface area (Å²) in [5.74, 6) is 2.32. The number of benzene rings is 1. The van der Waals surface area contributed by atoms with Gasteiger partial charge in [-0.15, -0.1) is 0 Å². The molecule has 0 radical (unpaired) electrons. The molecule has 3 heterocycles. The van der Waals surface area contributed by atoms with Crippen LogP contribution in [0.25, 0.3) is 5.70 Å². The fourth-order valence-electron chi connectivity index (χ4n) is 4.03. The lowest BCUT2D eigenvalue weighted by Gasteiger charge is -2.15. The highest BCUT2D eigenvalue weighted by molar-refractivity contribution is 5.98. The van der Waals surface area contributed by atoms with E-state index in [4.69, 9.17) is 10.5 Å². The van der Waals surface area contributed by atoms with Gasteiger partial charge in [0.2, 0.25) is 11.8 Å². The number of nitrogens with zero attached hydrogens (tertiary/aromatic N) is 4. The van der Waals surface area contributed by atoms with Crippen LogP contribution < -0.4 is 21.1 Å². The third-order valence-corrected chi connectivity index (χ3v) is 6.05. The van der Waals surface area contributed by atoms with Gasteiger partial charge in [0.25, 0.3) is 0 Å². The van der Waals surface area contributed by atoms with Gasteiger partial charge in [-0.2, -0.15) is 15.1 Å². The largest absolute Gasteiger partial charge is 0.473 e. The molecule has 1 saturated carbocycles. The number of aromatic nitrogens is 4. The molecule has 5 rings (SSSR count). The summed E-state index contributed by atoms with van der Waals surface area (Å²) in [6.45, 7) is 1.81. The molecular formula is C25H30N8O2. The van der Waals surface area contributed by atoms with E-state index in [0.717, 1.165) is 30.8 Å². The summed E-state index contributed by atoms with van der Waals surface area (Å²) in [4.78, 5) is 23.7. The maximum Gasteiger partial charge on any atom is 0.228 e. The van der Waals surface area contributed by atoms with Crippen molar-refractivity contribution in [3.8, 4) is 5.88 Å². The van der Waals surface area contributed by atoms with E-state index in [-0.39, 0.29) is 24.4 Å². The zero-order valence-electron chi connectivity index (χ0n) is 19.7. The first-order chi connectivity index (χ1) is 17.0. The number of hydrogen-bond donors (Lipinski definition) is 4. The third-order valence-electron chi connectivity index (χ3n) is 6.05. The molecule has 1 saturated heterocycles. The SMILES string of the molecule is CN1CCC(Oc2cc(Nc3cc(C4CC4)[nH]n3)nc(NCC(=O)C=C(N)c3ccccc3)n2)C1. The van der Waals surface area contributed by atoms with Gasteiger partial charge in [0.05, 0.1) is 6.54 Å². The van der Waals surface area contributed by atoms with Crippen molar-refractivity contribution in [2.24, 2.45) is 5.73 Å². The highest BCUT2D eigenvalue weighted by Crippen LogP contribution is 2.39. The van der Waals surface area contributed by atoms with Gasteiger partial charge in [-0.25, -0.2) is 0 Å². The number of carbonyl (C=O) groups excluding carboxylic acids is 1. The number of hydrogen-bond acceptors (Lipinski definition) is 9. The van der Waals surface area contributed by atoms with E-state index in [0.29, 0.717) is 29.1 Å². The minimum absolute atomic E-state index is 0.00315. The molecule has 1 aliphatic heterocycles. The van der Waals surface area contributed by atoms with Gasteiger partial charge in [0.1, 0.15) is 11.9 Å². The number of anilines is 3. The molecule has 2 aliphatic rings. The standard InChI is InChI=1S/C25H30N8O2/c1-33-10-9-19(15-33)35-24-13-22(28-23-12-21(31-32-23)17-7-8-17)29-25(30-24)27-14-18(34)11-20(26)16-5-3-2-4-6-16/h2-6,11-13,17,19H,7-10,14-15,26H2,1H3,(H3,27,28,29,30,31,32). The van der Waals surface area contributed by atoms with Crippen molar-refractivity contribution in [1.82, 2.24) is 25.1 Å². The lowest BCUT2D eigenvalue weighted by atomic mass is 10.1. The van der Waals surface area contributed by atoms with Gasteiger partial charge in [0, 0.05) is 48.6 Å². The first-order valence-corrected chi connectivity index (χ1v) is 11.9. The van der Waals surface area contributed by atoms with E-state index >= 15 is 0 Å². The van der Waals surface area contributed by atoms with Crippen molar-refractivity contribution in [2.75, 3.05) is 37.3 Å². The summed E-state index contributed by atoms with van der Waals surface area (Å²) in [6.07, 6.45) is 4.78. The van der Waals surface area contributed by atoms with Crippen LogP contribution in [0.1, 0.15) is 36.4 Å². The van der Waals surface area contributed by atoms with Crippen LogP contribution in [0.15, 0.2) is 48.5 Å². The smallest absolute Gasteiger partial charge is 0.228 e. The fourth-order valence-corrected chi connectivity index (χ4v) is 4.03. The predicted octanol–water partition coefficient (Wildman–Crippen LogP) is 2.88. The minimum Gasteiger partial charge on any atom is -0.473 e. The summed E-state index contributed by atoms with van der Waals surface area (Å²) in [5.41, 5.74) is 8.40. The normalized spacial score (nSPS) is 18.4. The maximum absolute atomic E-state index is 12.5. The number of nitrogens with one attached hydrogen (secondary N) is 3. The van der Waals surface area contributed by atoms with Crippen LogP contribution in [0.2, 0.25) is 0 Å². The molecule has 10 nitrogen and oxygen atoms in total. The second-order valence-electron chi connectivity index (χ2n) is 9.10. The van der Waals surface area contributed by atoms with E-state index in [1.54, 1.807) is 6.07 Å². The molecule has 2 fully saturated rings. The molecule has 5 N–H and O–H groups in total. The summed E-state index contributed by atoms with van der Waals surface area (Å²) in [5, 5.41) is 13.6. The lowest BCUT2D eigenvalue weighted by molar-refractivity contribution is -0.113. The van der Waals surface area contributed by atoms with Crippen LogP contribution in [0.3, 0.4) is 0 Å². The molecular weight excluding hydrogens is 444 g/mol. The van der Waals surface area contributed by atoms with Gasteiger partial charge < -0.3 is 26.0 Å². The second-order valence-corrected chi connectivity index (χ2v) is 9.10. The summed E-state index contributed by atoms with van der Waals surface area (Å²) in [6, 6.07) is 13.1. The van der Waals surface area contributed by atoms with Gasteiger partial charge in [0.15, 0.2) is 11.6 Å². The molecule has 3 aromatic rings. The van der Waals surface area contributed by atoms with Gasteiger partial charge in [-0.1, -0.05) is 30.3 Å². The molecule has 0 bridgehead atoms. The van der Waals surface area contributed by atoms with Crippen LogP contribution in [0, 0.1) is 0 Å². The Morgan fingerprint density at radius 3 is 2.77 bits per heavy atom. The zero-order chi connectivity index (χ0) is 24.2. The van der Waals surface area contributed by atoms with Crippen LogP contribution in [-0.2, 0) is 4.79 Å². The maximum atomic E-state index is 12.5. The number of likely N-dealkylation sites (tertiary alicyclic amines) is 1. The van der Waals surface area contributed by atoms with Crippen LogP contribution >= 0.6 is 0 Å². The quantitative estimate of drug-likeness (QED) is 0.327. The molecule has 35 heavy (non-hydrogen) atoms. The van der Waals surface area contributed by atoms with Crippen LogP contribution in [-0.4, -0.2) is 63.6 Å². The number of carbonyl (C=O) groups is 1. The summed E-state index contributed by atoms with van der Waals surface area (Å²) in [7, 11) is 2.07. The summed E-state index contributed by atoms with van der Waals surface area (Å²) >= 11 is 0. The number of H-pyrrole nitrogens is 1. The second kappa shape index (κ2) is 10.1. The molecule has 1 aliphatic carbocycles. The van der Waals surface area contributed by atoms with E-state index < -0.39 is 0 Å². The molecule has 2 aromatic heterocycles. The van der Waals surface area contributed by atoms with Crippen molar-refractivity contribution in [2.45, 2.75) is 31.3 Å². The van der Waals surface area contributed by atoms with E-state index in [1.165, 1.54) is 18.9 Å². The van der Waals surface area contributed by atoms with Gasteiger partial charge in [-0.05, 0) is 31.9 Å². The molecule has 182 valence electrons. The van der Waals surface area contributed by atoms with Crippen molar-refractivity contribution in [3.05, 3.63) is 59.8 Å². The fraction of sp³-hybridized carbons (Fsp3) is 0.360. The average Bonchev–Trinajstić information content (AvgIpc) is 3.47. The highest BCUT2D eigenvalue weighted by Gasteiger charge is 2.26. The first-order valence-electron chi connectivity index (χ1n) is 11.9. The van der Waals surface area contributed by atoms with E-state index in [1.807, 2.05) is 36.4 Å². The Morgan fingerprint density at radius 1 is 1.20 bits per heavy atom. The number of nitrogens with two attached hydrogens (primary N) is 1. The Bertz CT molecular complexity index is 1210. The van der Waals surface area contributed by atoms with E-state index in [2.05, 4.69) is 42.7 Å². The van der Waals surface area contributed by atoms with E-state index in [9.17, 15) is 4.79 Å². The highest BCUT2D eigenvalue weighted by atomic mass is 16.5. The molecule has 0 spiro atoms. The Hall–Kier alpha value is -3.92. The van der Waals surface area contributed by atoms with Gasteiger partial charge in [-0.3, -0.25) is 9.89 Å². The monoisotopic (exact) mass is 474 g/mol. The Morgan fingerprint density at radius 2 is 2.03 bits per heavy atom. The molecule has 0 amide bonds. The van der Waals surface area contributed by atoms with Crippen LogP contribution in [0.5, 0.6) is 5.88 Å². The zero-order valence-corrected chi connectivity index (χ0v) is 19.7.